The summed E-state index contributed by atoms with van der Waals surface area (Å²) in [5.74, 6) is 1.20. The number of carbonyl (C=O) groups excluding carboxylic acids is 1. The second kappa shape index (κ2) is 10.4. The summed E-state index contributed by atoms with van der Waals surface area (Å²) in [6.45, 7) is 2.73. The quantitative estimate of drug-likeness (QED) is 0.755. The molecule has 1 aliphatic heterocycles. The molecule has 2 N–H and O–H groups in total. The van der Waals surface area contributed by atoms with E-state index in [2.05, 4.69) is 0 Å². The van der Waals surface area contributed by atoms with Crippen LogP contribution in [0.4, 0.5) is 0 Å². The van der Waals surface area contributed by atoms with Gasteiger partial charge < -0.3 is 24.8 Å². The van der Waals surface area contributed by atoms with Gasteiger partial charge in [0, 0.05) is 25.8 Å². The number of methoxy groups -OCH3 is 2. The zero-order valence-electron chi connectivity index (χ0n) is 14.3. The van der Waals surface area contributed by atoms with Gasteiger partial charge in [0.1, 0.15) is 11.5 Å². The Morgan fingerprint density at radius 1 is 1.25 bits per heavy atom. The number of nitrogens with two attached hydrogens (primary N) is 1. The van der Waals surface area contributed by atoms with E-state index in [-0.39, 0.29) is 24.4 Å². The Labute approximate surface area is 149 Å². The number of likely N-dealkylation sites (tertiary alicyclic amines) is 1. The molecular formula is C17H27ClN2O4. The zero-order chi connectivity index (χ0) is 16.7. The van der Waals surface area contributed by atoms with Crippen molar-refractivity contribution in [2.24, 2.45) is 5.73 Å². The molecular weight excluding hydrogens is 332 g/mol. The monoisotopic (exact) mass is 358 g/mol. The van der Waals surface area contributed by atoms with Crippen LogP contribution in [0.2, 0.25) is 0 Å². The van der Waals surface area contributed by atoms with Gasteiger partial charge in [0.15, 0.2) is 0 Å². The number of nitrogens with zero attached hydrogens (tertiary/aromatic N) is 1. The predicted octanol–water partition coefficient (Wildman–Crippen LogP) is 2.10. The van der Waals surface area contributed by atoms with Gasteiger partial charge >= 0.3 is 0 Å². The largest absolute Gasteiger partial charge is 0.497 e. The number of benzene rings is 1. The minimum atomic E-state index is -0.00934. The van der Waals surface area contributed by atoms with E-state index in [0.29, 0.717) is 43.3 Å². The third-order valence-electron chi connectivity index (χ3n) is 4.07. The summed E-state index contributed by atoms with van der Waals surface area (Å²) >= 11 is 0. The summed E-state index contributed by atoms with van der Waals surface area (Å²) < 4.78 is 16.3. The zero-order valence-corrected chi connectivity index (χ0v) is 15.1. The van der Waals surface area contributed by atoms with Crippen molar-refractivity contribution in [1.29, 1.82) is 0 Å². The van der Waals surface area contributed by atoms with Gasteiger partial charge in [0.2, 0.25) is 0 Å². The van der Waals surface area contributed by atoms with Crippen LogP contribution in [-0.2, 0) is 4.74 Å². The van der Waals surface area contributed by atoms with Gasteiger partial charge in [0.05, 0.1) is 25.9 Å². The highest BCUT2D eigenvalue weighted by molar-refractivity contribution is 5.97. The van der Waals surface area contributed by atoms with Gasteiger partial charge in [-0.3, -0.25) is 4.79 Å². The topological polar surface area (TPSA) is 74.0 Å². The first kappa shape index (κ1) is 20.5. The minimum absolute atomic E-state index is 0. The Kier molecular flexibility index (Phi) is 8.89. The van der Waals surface area contributed by atoms with Crippen LogP contribution in [-0.4, -0.2) is 57.4 Å². The Morgan fingerprint density at radius 2 is 1.96 bits per heavy atom. The average molecular weight is 359 g/mol. The predicted molar refractivity (Wildman–Crippen MR) is 95.3 cm³/mol. The van der Waals surface area contributed by atoms with E-state index in [9.17, 15) is 4.79 Å². The normalized spacial score (nSPS) is 14.9. The van der Waals surface area contributed by atoms with Crippen molar-refractivity contribution in [1.82, 2.24) is 4.90 Å². The highest BCUT2D eigenvalue weighted by atomic mass is 35.5. The number of carbonyl (C=O) groups is 1. The molecule has 1 amide bonds. The van der Waals surface area contributed by atoms with Crippen molar-refractivity contribution in [2.75, 3.05) is 40.5 Å². The lowest BCUT2D eigenvalue weighted by Gasteiger charge is -2.32. The lowest BCUT2D eigenvalue weighted by Crippen LogP contribution is -2.41. The number of hydrogen-bond acceptors (Lipinski definition) is 5. The molecule has 1 heterocycles. The first-order chi connectivity index (χ1) is 11.2. The fourth-order valence-corrected chi connectivity index (χ4v) is 2.70. The fraction of sp³-hybridized carbons (Fsp3) is 0.588. The van der Waals surface area contributed by atoms with Crippen LogP contribution in [0.15, 0.2) is 18.2 Å². The van der Waals surface area contributed by atoms with E-state index in [1.807, 2.05) is 4.90 Å². The average Bonchev–Trinajstić information content (AvgIpc) is 2.61. The van der Waals surface area contributed by atoms with Gasteiger partial charge in [-0.15, -0.1) is 12.4 Å². The first-order valence-electron chi connectivity index (χ1n) is 8.02. The lowest BCUT2D eigenvalue weighted by atomic mass is 10.1. The third-order valence-corrected chi connectivity index (χ3v) is 4.07. The molecule has 1 aromatic rings. The second-order valence-electron chi connectivity index (χ2n) is 5.57. The summed E-state index contributed by atoms with van der Waals surface area (Å²) in [6, 6.07) is 5.26. The Bertz CT molecular complexity index is 519. The summed E-state index contributed by atoms with van der Waals surface area (Å²) in [5.41, 5.74) is 6.03. The van der Waals surface area contributed by atoms with Crippen molar-refractivity contribution in [3.63, 3.8) is 0 Å². The molecule has 0 aliphatic carbocycles. The van der Waals surface area contributed by atoms with E-state index >= 15 is 0 Å². The summed E-state index contributed by atoms with van der Waals surface area (Å²) in [4.78, 5) is 14.5. The van der Waals surface area contributed by atoms with Crippen molar-refractivity contribution in [3.05, 3.63) is 23.8 Å². The highest BCUT2D eigenvalue weighted by Crippen LogP contribution is 2.27. The summed E-state index contributed by atoms with van der Waals surface area (Å²) in [7, 11) is 3.15. The number of halogens is 1. The lowest BCUT2D eigenvalue weighted by molar-refractivity contribution is 0.00838. The smallest absolute Gasteiger partial charge is 0.257 e. The molecule has 1 aliphatic rings. The number of rotatable bonds is 7. The third kappa shape index (κ3) is 5.26. The molecule has 0 radical (unpaired) electrons. The molecule has 0 unspecified atom stereocenters. The molecule has 6 nitrogen and oxygen atoms in total. The maximum absolute atomic E-state index is 12.7. The molecule has 24 heavy (non-hydrogen) atoms. The Balaban J connectivity index is 0.00000288. The highest BCUT2D eigenvalue weighted by Gasteiger charge is 2.25. The van der Waals surface area contributed by atoms with Crippen LogP contribution in [0, 0.1) is 0 Å². The molecule has 1 fully saturated rings. The molecule has 0 bridgehead atoms. The van der Waals surface area contributed by atoms with E-state index in [0.717, 1.165) is 19.3 Å². The molecule has 0 saturated carbocycles. The van der Waals surface area contributed by atoms with E-state index < -0.39 is 0 Å². The molecule has 0 atom stereocenters. The van der Waals surface area contributed by atoms with Crippen LogP contribution < -0.4 is 15.2 Å². The van der Waals surface area contributed by atoms with Crippen LogP contribution in [0.3, 0.4) is 0 Å². The second-order valence-corrected chi connectivity index (χ2v) is 5.57. The molecule has 1 aromatic carbocycles. The van der Waals surface area contributed by atoms with Crippen molar-refractivity contribution < 1.29 is 19.0 Å². The van der Waals surface area contributed by atoms with Gasteiger partial charge in [-0.2, -0.15) is 0 Å². The van der Waals surface area contributed by atoms with Gasteiger partial charge in [-0.1, -0.05) is 0 Å². The van der Waals surface area contributed by atoms with Crippen molar-refractivity contribution in [3.8, 4) is 11.5 Å². The SMILES string of the molecule is COc1ccc(C(=O)N2CCC(OCCCN)CC2)c(OC)c1.Cl. The maximum Gasteiger partial charge on any atom is 0.257 e. The number of ether oxygens (including phenoxy) is 3. The number of amides is 1. The van der Waals surface area contributed by atoms with Crippen molar-refractivity contribution in [2.45, 2.75) is 25.4 Å². The molecule has 0 aromatic heterocycles. The van der Waals surface area contributed by atoms with Crippen LogP contribution >= 0.6 is 12.4 Å². The molecule has 2 rings (SSSR count). The van der Waals surface area contributed by atoms with Crippen LogP contribution in [0.5, 0.6) is 11.5 Å². The molecule has 0 spiro atoms. The fourth-order valence-electron chi connectivity index (χ4n) is 2.70. The van der Waals surface area contributed by atoms with Crippen molar-refractivity contribution >= 4 is 18.3 Å². The van der Waals surface area contributed by atoms with E-state index in [1.54, 1.807) is 32.4 Å². The van der Waals surface area contributed by atoms with Crippen LogP contribution in [0.25, 0.3) is 0 Å². The van der Waals surface area contributed by atoms with E-state index in [4.69, 9.17) is 19.9 Å². The first-order valence-corrected chi connectivity index (χ1v) is 8.02. The number of piperidine rings is 1. The molecule has 1 saturated heterocycles. The number of hydrogen-bond donors (Lipinski definition) is 1. The van der Waals surface area contributed by atoms with Gasteiger partial charge in [-0.25, -0.2) is 0 Å². The summed E-state index contributed by atoms with van der Waals surface area (Å²) in [6.07, 6.45) is 2.81. The maximum atomic E-state index is 12.7. The Morgan fingerprint density at radius 3 is 2.54 bits per heavy atom. The standard InChI is InChI=1S/C17H26N2O4.ClH/c1-21-14-4-5-15(16(12-14)22-2)17(20)19-9-6-13(7-10-19)23-11-3-8-18;/h4-5,12-13H,3,6-11,18H2,1-2H3;1H. The molecule has 7 heteroatoms. The van der Waals surface area contributed by atoms with Gasteiger partial charge in [0.25, 0.3) is 5.91 Å². The Hall–Kier alpha value is -1.50. The van der Waals surface area contributed by atoms with Crippen LogP contribution in [0.1, 0.15) is 29.6 Å². The molecule has 136 valence electrons. The van der Waals surface area contributed by atoms with E-state index in [1.165, 1.54) is 0 Å². The minimum Gasteiger partial charge on any atom is -0.497 e. The summed E-state index contributed by atoms with van der Waals surface area (Å²) in [5, 5.41) is 0. The van der Waals surface area contributed by atoms with Gasteiger partial charge in [-0.05, 0) is 37.9 Å².